The van der Waals surface area contributed by atoms with Crippen molar-refractivity contribution in [2.45, 2.75) is 38.4 Å². The Morgan fingerprint density at radius 2 is 1.59 bits per heavy atom. The minimum absolute atomic E-state index is 0. The first kappa shape index (κ1) is 32.9. The van der Waals surface area contributed by atoms with Crippen molar-refractivity contribution >= 4 is 16.9 Å². The van der Waals surface area contributed by atoms with Gasteiger partial charge in [-0.3, -0.25) is 9.78 Å². The molecule has 0 saturated carbocycles. The second-order valence-corrected chi connectivity index (χ2v) is 11.9. The van der Waals surface area contributed by atoms with Crippen LogP contribution in [0.2, 0.25) is 0 Å². The van der Waals surface area contributed by atoms with Crippen LogP contribution in [-0.4, -0.2) is 59.3 Å². The van der Waals surface area contributed by atoms with Gasteiger partial charge in [0.25, 0.3) is 11.8 Å². The quantitative estimate of drug-likeness (QED) is 0.233. The van der Waals surface area contributed by atoms with Gasteiger partial charge in [-0.2, -0.15) is 0 Å². The van der Waals surface area contributed by atoms with Gasteiger partial charge < -0.3 is 25.0 Å². The maximum absolute atomic E-state index is 13.6. The van der Waals surface area contributed by atoms with Crippen LogP contribution in [0.25, 0.3) is 33.2 Å². The number of rotatable bonds is 5. The van der Waals surface area contributed by atoms with E-state index < -0.39 is 5.92 Å². The van der Waals surface area contributed by atoms with E-state index in [1.807, 2.05) is 61.7 Å². The molecule has 0 spiro atoms. The third-order valence-corrected chi connectivity index (χ3v) is 8.18. The summed E-state index contributed by atoms with van der Waals surface area (Å²) >= 11 is 0. The minimum Gasteiger partial charge on any atom is -0.459 e. The number of hydrogen-bond acceptors (Lipinski definition) is 5. The first-order chi connectivity index (χ1) is 21.6. The number of furan rings is 1. The molecule has 1 amide bonds. The minimum atomic E-state index is -2.69. The molecule has 3 N–H and O–H groups in total. The zero-order valence-electron chi connectivity index (χ0n) is 25.8. The van der Waals surface area contributed by atoms with Crippen LogP contribution in [0.15, 0.2) is 89.6 Å². The number of amides is 1. The van der Waals surface area contributed by atoms with E-state index in [1.165, 1.54) is 28.2 Å². The Hall–Kier alpha value is -4.51. The second kappa shape index (κ2) is 13.9. The maximum atomic E-state index is 13.6. The average Bonchev–Trinajstić information content (AvgIpc) is 3.67. The highest BCUT2D eigenvalue weighted by atomic mass is 19.3. The van der Waals surface area contributed by atoms with E-state index >= 15 is 0 Å². The number of hydrogen-bond donors (Lipinski definition) is 1. The number of alkyl halides is 2. The van der Waals surface area contributed by atoms with Crippen LogP contribution in [0.3, 0.4) is 0 Å². The molecule has 4 heterocycles. The monoisotopic (exact) mass is 630 g/mol. The number of piperidine rings is 1. The van der Waals surface area contributed by atoms with Gasteiger partial charge in [-0.05, 0) is 90.4 Å². The first-order valence-corrected chi connectivity index (χ1v) is 15.0. The van der Waals surface area contributed by atoms with Gasteiger partial charge in [-0.15, -0.1) is 0 Å². The molecule has 240 valence electrons. The molecule has 5 aromatic rings. The van der Waals surface area contributed by atoms with Crippen LogP contribution in [0.4, 0.5) is 13.2 Å². The molecule has 2 aromatic heterocycles. The molecule has 1 saturated heterocycles. The Morgan fingerprint density at radius 1 is 0.913 bits per heavy atom. The summed E-state index contributed by atoms with van der Waals surface area (Å²) in [4.78, 5) is 20.4. The van der Waals surface area contributed by atoms with Crippen molar-refractivity contribution in [2.24, 2.45) is 0 Å². The zero-order chi connectivity index (χ0) is 31.6. The highest BCUT2D eigenvalue weighted by Gasteiger charge is 2.35. The number of carbonyl (C=O) groups is 1. The van der Waals surface area contributed by atoms with Crippen LogP contribution in [0.1, 0.15) is 40.1 Å². The van der Waals surface area contributed by atoms with Crippen molar-refractivity contribution in [1.29, 1.82) is 0 Å². The molecule has 10 heteroatoms. The van der Waals surface area contributed by atoms with E-state index in [0.29, 0.717) is 12.1 Å². The van der Waals surface area contributed by atoms with Gasteiger partial charge in [0, 0.05) is 67.9 Å². The van der Waals surface area contributed by atoms with Crippen LogP contribution < -0.4 is 5.32 Å². The van der Waals surface area contributed by atoms with E-state index in [0.717, 1.165) is 52.1 Å². The predicted octanol–water partition coefficient (Wildman–Crippen LogP) is 6.70. The molecule has 0 radical (unpaired) electrons. The van der Waals surface area contributed by atoms with E-state index in [4.69, 9.17) is 4.42 Å². The molecule has 7 nitrogen and oxygen atoms in total. The zero-order valence-corrected chi connectivity index (χ0v) is 25.8. The lowest BCUT2D eigenvalue weighted by Gasteiger charge is -2.31. The van der Waals surface area contributed by atoms with Gasteiger partial charge in [-0.25, -0.2) is 13.2 Å². The summed E-state index contributed by atoms with van der Waals surface area (Å²) in [6.07, 6.45) is 3.16. The number of nitrogens with zero attached hydrogens (tertiary/aromatic N) is 3. The lowest BCUT2D eigenvalue weighted by molar-refractivity contribution is -0.0494. The standard InChI is InChI=1S/C29H27F3N2O2.C7H8N2.H2O/c1-33(2)18-25-16-23-15-22(17-26(27(23)36-25)20-7-9-24(30)10-8-20)19-3-5-21(6-4-19)28(35)34-13-11-29(31,32)12-14-34;1-2-8-4-7-5-9-3-6(1)7;/h3-10,15-17H,11-14,18H2,1-2H3;1-2,4,9H,3,5H2;1H2. The predicted molar refractivity (Wildman–Crippen MR) is 173 cm³/mol. The van der Waals surface area contributed by atoms with Crippen molar-refractivity contribution < 1.29 is 27.9 Å². The largest absolute Gasteiger partial charge is 0.459 e. The molecule has 0 bridgehead atoms. The van der Waals surface area contributed by atoms with Gasteiger partial charge in [0.1, 0.15) is 17.2 Å². The van der Waals surface area contributed by atoms with Crippen molar-refractivity contribution in [1.82, 2.24) is 20.1 Å². The number of pyridine rings is 1. The lowest BCUT2D eigenvalue weighted by atomic mass is 9.96. The lowest BCUT2D eigenvalue weighted by Crippen LogP contribution is -2.42. The van der Waals surface area contributed by atoms with Gasteiger partial charge in [-0.1, -0.05) is 24.3 Å². The molecule has 46 heavy (non-hydrogen) atoms. The molecule has 0 unspecified atom stereocenters. The average molecular weight is 631 g/mol. The van der Waals surface area contributed by atoms with Crippen molar-refractivity contribution in [2.75, 3.05) is 27.2 Å². The Kier molecular flexibility index (Phi) is 9.91. The summed E-state index contributed by atoms with van der Waals surface area (Å²) in [5, 5.41) is 4.18. The Balaban J connectivity index is 0.000000356. The summed E-state index contributed by atoms with van der Waals surface area (Å²) in [6, 6.07) is 21.6. The van der Waals surface area contributed by atoms with Crippen LogP contribution in [-0.2, 0) is 19.6 Å². The smallest absolute Gasteiger partial charge is 0.253 e. The van der Waals surface area contributed by atoms with Gasteiger partial charge in [0.15, 0.2) is 0 Å². The Bertz CT molecular complexity index is 1770. The summed E-state index contributed by atoms with van der Waals surface area (Å²) in [5.74, 6) is -2.41. The van der Waals surface area contributed by atoms with Crippen molar-refractivity contribution in [3.05, 3.63) is 113 Å². The highest BCUT2D eigenvalue weighted by Crippen LogP contribution is 2.36. The number of likely N-dealkylation sites (tertiary alicyclic amines) is 1. The maximum Gasteiger partial charge on any atom is 0.253 e. The van der Waals surface area contributed by atoms with Crippen LogP contribution in [0.5, 0.6) is 0 Å². The fourth-order valence-electron chi connectivity index (χ4n) is 5.75. The van der Waals surface area contributed by atoms with E-state index in [9.17, 15) is 18.0 Å². The number of benzene rings is 3. The topological polar surface area (TPSA) is 93.1 Å². The van der Waals surface area contributed by atoms with E-state index in [-0.39, 0.29) is 43.1 Å². The number of carbonyl (C=O) groups excluding carboxylic acids is 1. The van der Waals surface area contributed by atoms with Crippen LogP contribution >= 0.6 is 0 Å². The Morgan fingerprint density at radius 3 is 2.26 bits per heavy atom. The molecular weight excluding hydrogens is 593 g/mol. The van der Waals surface area contributed by atoms with Crippen molar-refractivity contribution in [3.8, 4) is 22.3 Å². The SMILES string of the molecule is CN(C)Cc1cc2cc(-c3ccc(C(=O)N4CCC(F)(F)CC4)cc3)cc(-c3ccc(F)cc3)c2o1.O.c1cc2c(cn1)CNC2. The molecule has 3 aromatic carbocycles. The fraction of sp³-hybridized carbons (Fsp3) is 0.278. The van der Waals surface area contributed by atoms with Crippen LogP contribution in [0, 0.1) is 5.82 Å². The van der Waals surface area contributed by atoms with E-state index in [1.54, 1.807) is 24.3 Å². The first-order valence-electron chi connectivity index (χ1n) is 15.0. The normalized spacial score (nSPS) is 15.2. The highest BCUT2D eigenvalue weighted by molar-refractivity contribution is 5.98. The van der Waals surface area contributed by atoms with Gasteiger partial charge in [0.05, 0.1) is 6.54 Å². The summed E-state index contributed by atoms with van der Waals surface area (Å²) < 4.78 is 46.7. The molecular formula is C36H37F3N4O3. The number of fused-ring (bicyclic) bond motifs is 2. The third-order valence-electron chi connectivity index (χ3n) is 8.18. The van der Waals surface area contributed by atoms with Gasteiger partial charge >= 0.3 is 0 Å². The fourth-order valence-corrected chi connectivity index (χ4v) is 5.75. The summed E-state index contributed by atoms with van der Waals surface area (Å²) in [6.45, 7) is 2.76. The molecule has 2 aliphatic rings. The van der Waals surface area contributed by atoms with Gasteiger partial charge in [0.2, 0.25) is 0 Å². The molecule has 2 aliphatic heterocycles. The third kappa shape index (κ3) is 7.47. The Labute approximate surface area is 266 Å². The molecule has 0 aliphatic carbocycles. The number of nitrogens with one attached hydrogen (secondary N) is 1. The number of aromatic nitrogens is 1. The van der Waals surface area contributed by atoms with Crippen molar-refractivity contribution in [3.63, 3.8) is 0 Å². The summed E-state index contributed by atoms with van der Waals surface area (Å²) in [5.41, 5.74) is 7.45. The summed E-state index contributed by atoms with van der Waals surface area (Å²) in [7, 11) is 3.94. The molecule has 7 rings (SSSR count). The molecule has 0 atom stereocenters. The number of halogens is 3. The van der Waals surface area contributed by atoms with E-state index in [2.05, 4.69) is 16.4 Å². The second-order valence-electron chi connectivity index (χ2n) is 11.9. The molecule has 1 fully saturated rings.